The summed E-state index contributed by atoms with van der Waals surface area (Å²) >= 11 is 0. The molecule has 0 spiro atoms. The van der Waals surface area contributed by atoms with Gasteiger partial charge in [-0.3, -0.25) is 4.57 Å². The normalized spacial score (nSPS) is 14.4. The SMILES string of the molecule is COc1cc(-n2ccnc2-c2ncc[nH]2)ccc1N1CCCC1. The number of aromatic amines is 1. The maximum atomic E-state index is 5.63. The molecule has 0 atom stereocenters. The average molecular weight is 309 g/mol. The smallest absolute Gasteiger partial charge is 0.180 e. The Morgan fingerprint density at radius 3 is 2.74 bits per heavy atom. The maximum Gasteiger partial charge on any atom is 0.180 e. The largest absolute Gasteiger partial charge is 0.495 e. The first-order valence-corrected chi connectivity index (χ1v) is 7.83. The predicted octanol–water partition coefficient (Wildman–Crippen LogP) is 2.87. The van der Waals surface area contributed by atoms with Crippen molar-refractivity contribution >= 4 is 5.69 Å². The van der Waals surface area contributed by atoms with E-state index in [1.54, 1.807) is 25.7 Å². The third-order valence-corrected chi connectivity index (χ3v) is 4.24. The Kier molecular flexibility index (Phi) is 3.49. The van der Waals surface area contributed by atoms with E-state index in [1.807, 2.05) is 10.8 Å². The molecule has 0 aliphatic carbocycles. The van der Waals surface area contributed by atoms with Gasteiger partial charge in [-0.25, -0.2) is 9.97 Å². The Morgan fingerprint density at radius 1 is 1.13 bits per heavy atom. The van der Waals surface area contributed by atoms with Crippen molar-refractivity contribution in [2.45, 2.75) is 12.8 Å². The van der Waals surface area contributed by atoms with Gasteiger partial charge in [0.25, 0.3) is 0 Å². The monoisotopic (exact) mass is 309 g/mol. The van der Waals surface area contributed by atoms with E-state index in [0.717, 1.165) is 41.9 Å². The number of ether oxygens (including phenoxy) is 1. The fourth-order valence-electron chi connectivity index (χ4n) is 3.11. The number of aromatic nitrogens is 4. The van der Waals surface area contributed by atoms with E-state index >= 15 is 0 Å². The second-order valence-corrected chi connectivity index (χ2v) is 5.61. The van der Waals surface area contributed by atoms with Crippen molar-refractivity contribution in [2.24, 2.45) is 0 Å². The van der Waals surface area contributed by atoms with Crippen LogP contribution in [0.5, 0.6) is 5.75 Å². The molecule has 1 N–H and O–H groups in total. The summed E-state index contributed by atoms with van der Waals surface area (Å²) in [6.45, 7) is 2.19. The molecule has 2 aromatic heterocycles. The van der Waals surface area contributed by atoms with Gasteiger partial charge in [0.2, 0.25) is 0 Å². The molecule has 1 aliphatic rings. The van der Waals surface area contributed by atoms with Crippen LogP contribution < -0.4 is 9.64 Å². The number of methoxy groups -OCH3 is 1. The van der Waals surface area contributed by atoms with Crippen LogP contribution in [0.25, 0.3) is 17.3 Å². The predicted molar refractivity (Wildman–Crippen MR) is 89.1 cm³/mol. The number of rotatable bonds is 4. The lowest BCUT2D eigenvalue weighted by Crippen LogP contribution is -2.18. The minimum Gasteiger partial charge on any atom is -0.495 e. The van der Waals surface area contributed by atoms with Crippen molar-refractivity contribution in [3.05, 3.63) is 43.0 Å². The first-order chi connectivity index (χ1) is 11.4. The molecule has 3 heterocycles. The number of anilines is 1. The molecule has 4 rings (SSSR count). The molecule has 0 radical (unpaired) electrons. The molecule has 1 fully saturated rings. The van der Waals surface area contributed by atoms with Crippen LogP contribution in [-0.2, 0) is 0 Å². The maximum absolute atomic E-state index is 5.63. The van der Waals surface area contributed by atoms with Gasteiger partial charge in [-0.15, -0.1) is 0 Å². The van der Waals surface area contributed by atoms with E-state index in [9.17, 15) is 0 Å². The molecule has 0 bridgehead atoms. The summed E-state index contributed by atoms with van der Waals surface area (Å²) in [6, 6.07) is 6.29. The van der Waals surface area contributed by atoms with E-state index < -0.39 is 0 Å². The van der Waals surface area contributed by atoms with Crippen LogP contribution in [0.4, 0.5) is 5.69 Å². The van der Waals surface area contributed by atoms with Gasteiger partial charge in [0, 0.05) is 43.9 Å². The van der Waals surface area contributed by atoms with Crippen LogP contribution in [-0.4, -0.2) is 39.7 Å². The van der Waals surface area contributed by atoms with E-state index in [1.165, 1.54) is 12.8 Å². The zero-order chi connectivity index (χ0) is 15.6. The van der Waals surface area contributed by atoms with Gasteiger partial charge >= 0.3 is 0 Å². The van der Waals surface area contributed by atoms with Crippen molar-refractivity contribution in [3.8, 4) is 23.1 Å². The number of benzene rings is 1. The van der Waals surface area contributed by atoms with E-state index in [-0.39, 0.29) is 0 Å². The second kappa shape index (κ2) is 5.79. The number of nitrogens with one attached hydrogen (secondary N) is 1. The van der Waals surface area contributed by atoms with Crippen molar-refractivity contribution < 1.29 is 4.74 Å². The number of hydrogen-bond acceptors (Lipinski definition) is 4. The van der Waals surface area contributed by atoms with Crippen LogP contribution in [0.1, 0.15) is 12.8 Å². The van der Waals surface area contributed by atoms with E-state index in [0.29, 0.717) is 0 Å². The summed E-state index contributed by atoms with van der Waals surface area (Å²) in [7, 11) is 1.72. The minimum absolute atomic E-state index is 0.748. The fourth-order valence-corrected chi connectivity index (χ4v) is 3.11. The lowest BCUT2D eigenvalue weighted by atomic mass is 10.2. The molecule has 23 heavy (non-hydrogen) atoms. The Morgan fingerprint density at radius 2 is 2.00 bits per heavy atom. The highest BCUT2D eigenvalue weighted by Crippen LogP contribution is 2.33. The molecule has 0 saturated carbocycles. The summed E-state index contributed by atoms with van der Waals surface area (Å²) in [4.78, 5) is 14.2. The summed E-state index contributed by atoms with van der Waals surface area (Å²) in [5.74, 6) is 2.42. The van der Waals surface area contributed by atoms with Crippen LogP contribution in [0.3, 0.4) is 0 Å². The van der Waals surface area contributed by atoms with E-state index in [2.05, 4.69) is 38.1 Å². The highest BCUT2D eigenvalue weighted by molar-refractivity contribution is 5.64. The number of nitrogens with zero attached hydrogens (tertiary/aromatic N) is 4. The van der Waals surface area contributed by atoms with Crippen molar-refractivity contribution in [3.63, 3.8) is 0 Å². The van der Waals surface area contributed by atoms with Gasteiger partial charge < -0.3 is 14.6 Å². The van der Waals surface area contributed by atoms with Crippen molar-refractivity contribution in [1.29, 1.82) is 0 Å². The van der Waals surface area contributed by atoms with Crippen molar-refractivity contribution in [2.75, 3.05) is 25.1 Å². The van der Waals surface area contributed by atoms with Gasteiger partial charge in [0.1, 0.15) is 5.75 Å². The fraction of sp³-hybridized carbons (Fsp3) is 0.294. The molecule has 1 aliphatic heterocycles. The lowest BCUT2D eigenvalue weighted by molar-refractivity contribution is 0.414. The zero-order valence-electron chi connectivity index (χ0n) is 13.1. The first-order valence-electron chi connectivity index (χ1n) is 7.83. The zero-order valence-corrected chi connectivity index (χ0v) is 13.1. The highest BCUT2D eigenvalue weighted by atomic mass is 16.5. The van der Waals surface area contributed by atoms with Gasteiger partial charge in [-0.2, -0.15) is 0 Å². The number of hydrogen-bond donors (Lipinski definition) is 1. The Bertz CT molecular complexity index is 787. The van der Waals surface area contributed by atoms with Crippen molar-refractivity contribution in [1.82, 2.24) is 19.5 Å². The molecule has 0 unspecified atom stereocenters. The highest BCUT2D eigenvalue weighted by Gasteiger charge is 2.18. The third kappa shape index (κ3) is 2.46. The van der Waals surface area contributed by atoms with Crippen LogP contribution in [0.15, 0.2) is 43.0 Å². The number of imidazole rings is 2. The minimum atomic E-state index is 0.748. The third-order valence-electron chi connectivity index (χ3n) is 4.24. The lowest BCUT2D eigenvalue weighted by Gasteiger charge is -2.21. The molecular weight excluding hydrogens is 290 g/mol. The Balaban J connectivity index is 1.74. The van der Waals surface area contributed by atoms with Crippen LogP contribution >= 0.6 is 0 Å². The molecule has 118 valence electrons. The van der Waals surface area contributed by atoms with Crippen LogP contribution in [0, 0.1) is 0 Å². The summed E-state index contributed by atoms with van der Waals surface area (Å²) in [5, 5.41) is 0. The standard InChI is InChI=1S/C17H19N5O/c1-23-15-12-13(4-5-14(15)21-9-2-3-10-21)22-11-8-20-17(22)16-18-6-7-19-16/h4-8,11-12H,2-3,9-10H2,1H3,(H,18,19). The van der Waals surface area contributed by atoms with E-state index in [4.69, 9.17) is 4.74 Å². The summed E-state index contributed by atoms with van der Waals surface area (Å²) < 4.78 is 7.64. The van der Waals surface area contributed by atoms with Gasteiger partial charge in [-0.1, -0.05) is 0 Å². The topological polar surface area (TPSA) is 59.0 Å². The molecule has 6 heteroatoms. The molecule has 3 aromatic rings. The first kappa shape index (κ1) is 13.9. The Hall–Kier alpha value is -2.76. The quantitative estimate of drug-likeness (QED) is 0.805. The summed E-state index contributed by atoms with van der Waals surface area (Å²) in [5.41, 5.74) is 2.17. The van der Waals surface area contributed by atoms with Crippen LogP contribution in [0.2, 0.25) is 0 Å². The molecule has 1 aromatic carbocycles. The summed E-state index contributed by atoms with van der Waals surface area (Å²) in [6.07, 6.45) is 9.72. The molecular formula is C17H19N5O. The second-order valence-electron chi connectivity index (χ2n) is 5.61. The molecule has 6 nitrogen and oxygen atoms in total. The van der Waals surface area contributed by atoms with Gasteiger partial charge in [0.05, 0.1) is 18.5 Å². The van der Waals surface area contributed by atoms with Gasteiger partial charge in [-0.05, 0) is 25.0 Å². The molecule has 0 amide bonds. The van der Waals surface area contributed by atoms with Gasteiger partial charge in [0.15, 0.2) is 11.6 Å². The molecule has 1 saturated heterocycles. The Labute approximate surface area is 134 Å². The average Bonchev–Trinajstić information content (AvgIpc) is 3.35. The number of H-pyrrole nitrogens is 1.